The van der Waals surface area contributed by atoms with Crippen LogP contribution in [0.15, 0.2) is 66.7 Å². The van der Waals surface area contributed by atoms with Crippen LogP contribution >= 0.6 is 0 Å². The smallest absolute Gasteiger partial charge is 0.167 e. The van der Waals surface area contributed by atoms with Crippen LogP contribution in [0, 0.1) is 6.92 Å². The first-order valence-corrected chi connectivity index (χ1v) is 8.71. The molecule has 132 valence electrons. The van der Waals surface area contributed by atoms with E-state index in [4.69, 9.17) is 5.73 Å². The number of carbonyl (C=O) groups excluding carboxylic acids is 1. The lowest BCUT2D eigenvalue weighted by Crippen LogP contribution is -2.07. The summed E-state index contributed by atoms with van der Waals surface area (Å²) in [6.07, 6.45) is 0.414. The Bertz CT molecular complexity index is 891. The summed E-state index contributed by atoms with van der Waals surface area (Å²) < 4.78 is 0. The average Bonchev–Trinajstić information content (AvgIpc) is 2.67. The van der Waals surface area contributed by atoms with Crippen molar-refractivity contribution in [2.75, 3.05) is 5.32 Å². The van der Waals surface area contributed by atoms with Gasteiger partial charge in [0.25, 0.3) is 0 Å². The molecule has 0 saturated heterocycles. The number of pyridine rings is 1. The van der Waals surface area contributed by atoms with E-state index in [1.807, 2.05) is 73.7 Å². The summed E-state index contributed by atoms with van der Waals surface area (Å²) >= 11 is 0. The van der Waals surface area contributed by atoms with E-state index in [1.54, 1.807) is 0 Å². The lowest BCUT2D eigenvalue weighted by atomic mass is 10.0. The molecule has 2 aromatic carbocycles. The van der Waals surface area contributed by atoms with Crippen LogP contribution in [0.25, 0.3) is 0 Å². The Labute approximate surface area is 154 Å². The van der Waals surface area contributed by atoms with Crippen molar-refractivity contribution in [3.8, 4) is 0 Å². The van der Waals surface area contributed by atoms with Gasteiger partial charge in [0.1, 0.15) is 5.82 Å². The topological polar surface area (TPSA) is 68.0 Å². The molecule has 1 heterocycles. The molecule has 0 aliphatic rings. The lowest BCUT2D eigenvalue weighted by Gasteiger charge is -2.10. The van der Waals surface area contributed by atoms with Crippen LogP contribution in [-0.2, 0) is 19.5 Å². The van der Waals surface area contributed by atoms with Gasteiger partial charge in [-0.25, -0.2) is 4.98 Å². The van der Waals surface area contributed by atoms with Crippen LogP contribution in [0.4, 0.5) is 5.82 Å². The SMILES string of the molecule is Cc1cc(CN)cc(NCc2cccc(C(=O)Cc3ccccc3)c2)n1. The van der Waals surface area contributed by atoms with Gasteiger partial charge >= 0.3 is 0 Å². The van der Waals surface area contributed by atoms with Crippen LogP contribution in [-0.4, -0.2) is 10.8 Å². The summed E-state index contributed by atoms with van der Waals surface area (Å²) in [6, 6.07) is 21.5. The Morgan fingerprint density at radius 1 is 0.962 bits per heavy atom. The van der Waals surface area contributed by atoms with Crippen molar-refractivity contribution in [1.82, 2.24) is 4.98 Å². The summed E-state index contributed by atoms with van der Waals surface area (Å²) in [4.78, 5) is 17.0. The van der Waals surface area contributed by atoms with Gasteiger partial charge < -0.3 is 11.1 Å². The average molecular weight is 345 g/mol. The molecule has 0 bridgehead atoms. The van der Waals surface area contributed by atoms with Crippen molar-refractivity contribution in [3.63, 3.8) is 0 Å². The number of benzene rings is 2. The molecule has 0 radical (unpaired) electrons. The Morgan fingerprint density at radius 2 is 1.73 bits per heavy atom. The molecule has 0 amide bonds. The van der Waals surface area contributed by atoms with Gasteiger partial charge in [-0.3, -0.25) is 4.79 Å². The van der Waals surface area contributed by atoms with Crippen LogP contribution in [0.3, 0.4) is 0 Å². The van der Waals surface area contributed by atoms with E-state index in [2.05, 4.69) is 10.3 Å². The van der Waals surface area contributed by atoms with Crippen molar-refractivity contribution < 1.29 is 4.79 Å². The minimum atomic E-state index is 0.122. The number of Topliss-reactive ketones (excluding diaryl/α,β-unsaturated/α-hetero) is 1. The highest BCUT2D eigenvalue weighted by Crippen LogP contribution is 2.14. The molecule has 0 fully saturated rings. The second kappa shape index (κ2) is 8.41. The predicted octanol–water partition coefficient (Wildman–Crippen LogP) is 3.89. The van der Waals surface area contributed by atoms with Gasteiger partial charge in [-0.2, -0.15) is 0 Å². The van der Waals surface area contributed by atoms with Gasteiger partial charge in [0.2, 0.25) is 0 Å². The first kappa shape index (κ1) is 17.8. The number of aryl methyl sites for hydroxylation is 1. The molecule has 0 unspecified atom stereocenters. The number of anilines is 1. The Morgan fingerprint density at radius 3 is 2.50 bits per heavy atom. The molecule has 4 heteroatoms. The second-order valence-electron chi connectivity index (χ2n) is 6.35. The van der Waals surface area contributed by atoms with E-state index in [9.17, 15) is 4.79 Å². The van der Waals surface area contributed by atoms with Gasteiger partial charge in [-0.15, -0.1) is 0 Å². The van der Waals surface area contributed by atoms with Gasteiger partial charge in [0.05, 0.1) is 0 Å². The number of ketones is 1. The lowest BCUT2D eigenvalue weighted by molar-refractivity contribution is 0.0993. The molecule has 3 N–H and O–H groups in total. The van der Waals surface area contributed by atoms with Crippen molar-refractivity contribution in [2.24, 2.45) is 5.73 Å². The highest BCUT2D eigenvalue weighted by atomic mass is 16.1. The Balaban J connectivity index is 1.67. The van der Waals surface area contributed by atoms with E-state index < -0.39 is 0 Å². The minimum Gasteiger partial charge on any atom is -0.366 e. The van der Waals surface area contributed by atoms with Gasteiger partial charge in [-0.1, -0.05) is 48.5 Å². The zero-order valence-electron chi connectivity index (χ0n) is 14.9. The summed E-state index contributed by atoms with van der Waals surface area (Å²) in [7, 11) is 0. The Hall–Kier alpha value is -2.98. The highest BCUT2D eigenvalue weighted by Gasteiger charge is 2.08. The maximum absolute atomic E-state index is 12.5. The van der Waals surface area contributed by atoms with Crippen LogP contribution < -0.4 is 11.1 Å². The monoisotopic (exact) mass is 345 g/mol. The number of carbonyl (C=O) groups is 1. The van der Waals surface area contributed by atoms with E-state index in [-0.39, 0.29) is 5.78 Å². The number of nitrogens with two attached hydrogens (primary N) is 1. The number of rotatable bonds is 7. The van der Waals surface area contributed by atoms with Crippen molar-refractivity contribution >= 4 is 11.6 Å². The highest BCUT2D eigenvalue weighted by molar-refractivity contribution is 5.97. The number of nitrogens with zero attached hydrogens (tertiary/aromatic N) is 1. The molecule has 3 rings (SSSR count). The number of hydrogen-bond acceptors (Lipinski definition) is 4. The molecule has 1 aromatic heterocycles. The van der Waals surface area contributed by atoms with E-state index in [1.165, 1.54) is 0 Å². The molecule has 0 atom stereocenters. The molecule has 0 aliphatic heterocycles. The molecular weight excluding hydrogens is 322 g/mol. The molecule has 0 saturated carbocycles. The third-order valence-corrected chi connectivity index (χ3v) is 4.18. The van der Waals surface area contributed by atoms with Gasteiger partial charge in [-0.05, 0) is 41.8 Å². The fourth-order valence-corrected chi connectivity index (χ4v) is 2.88. The third kappa shape index (κ3) is 4.77. The molecule has 0 spiro atoms. The van der Waals surface area contributed by atoms with Crippen LogP contribution in [0.5, 0.6) is 0 Å². The van der Waals surface area contributed by atoms with E-state index in [0.717, 1.165) is 33.8 Å². The predicted molar refractivity (Wildman–Crippen MR) is 105 cm³/mol. The normalized spacial score (nSPS) is 10.5. The molecule has 4 nitrogen and oxygen atoms in total. The van der Waals surface area contributed by atoms with E-state index in [0.29, 0.717) is 19.5 Å². The largest absolute Gasteiger partial charge is 0.366 e. The van der Waals surface area contributed by atoms with Crippen molar-refractivity contribution in [3.05, 3.63) is 94.7 Å². The summed E-state index contributed by atoms with van der Waals surface area (Å²) in [5.74, 6) is 0.920. The molecule has 0 aliphatic carbocycles. The fourth-order valence-electron chi connectivity index (χ4n) is 2.88. The third-order valence-electron chi connectivity index (χ3n) is 4.18. The van der Waals surface area contributed by atoms with Crippen molar-refractivity contribution in [1.29, 1.82) is 0 Å². The molecule has 3 aromatic rings. The van der Waals surface area contributed by atoms with Gasteiger partial charge in [0, 0.05) is 30.8 Å². The first-order chi connectivity index (χ1) is 12.6. The first-order valence-electron chi connectivity index (χ1n) is 8.71. The van der Waals surface area contributed by atoms with Gasteiger partial charge in [0.15, 0.2) is 5.78 Å². The molecular formula is C22H23N3O. The number of hydrogen-bond donors (Lipinski definition) is 2. The summed E-state index contributed by atoms with van der Waals surface area (Å²) in [5.41, 5.74) is 10.5. The fraction of sp³-hybridized carbons (Fsp3) is 0.182. The number of nitrogens with one attached hydrogen (secondary N) is 1. The quantitative estimate of drug-likeness (QED) is 0.638. The molecule has 26 heavy (non-hydrogen) atoms. The van der Waals surface area contributed by atoms with Crippen molar-refractivity contribution in [2.45, 2.75) is 26.4 Å². The maximum Gasteiger partial charge on any atom is 0.167 e. The van der Waals surface area contributed by atoms with Crippen LogP contribution in [0.2, 0.25) is 0 Å². The zero-order chi connectivity index (χ0) is 18.4. The zero-order valence-corrected chi connectivity index (χ0v) is 14.9. The summed E-state index contributed by atoms with van der Waals surface area (Å²) in [5, 5.41) is 3.31. The second-order valence-corrected chi connectivity index (χ2v) is 6.35. The Kier molecular flexibility index (Phi) is 5.77. The standard InChI is InChI=1S/C22H23N3O/c1-16-10-19(14-23)13-22(25-16)24-15-18-8-5-9-20(11-18)21(26)12-17-6-3-2-4-7-17/h2-11,13H,12,14-15,23H2,1H3,(H,24,25). The van der Waals surface area contributed by atoms with E-state index >= 15 is 0 Å². The van der Waals surface area contributed by atoms with Crippen LogP contribution in [0.1, 0.15) is 32.7 Å². The minimum absolute atomic E-state index is 0.122. The number of aromatic nitrogens is 1. The maximum atomic E-state index is 12.5. The summed E-state index contributed by atoms with van der Waals surface area (Å²) in [6.45, 7) is 3.04.